The van der Waals surface area contributed by atoms with Crippen molar-refractivity contribution < 1.29 is 14.3 Å². The molecule has 2 aliphatic rings. The molecule has 0 amide bonds. The number of carbonyl (C=O) groups is 1. The van der Waals surface area contributed by atoms with Crippen LogP contribution in [-0.4, -0.2) is 37.3 Å². The molecule has 1 saturated carbocycles. The zero-order chi connectivity index (χ0) is 14.2. The first kappa shape index (κ1) is 14.0. The molecule has 6 heteroatoms. The molecule has 1 aromatic rings. The minimum absolute atomic E-state index is 0.0303. The molecule has 0 aromatic carbocycles. The number of halogens is 1. The molecular weight excluding hydrogens is 324 g/mol. The number of methoxy groups -OCH3 is 1. The van der Waals surface area contributed by atoms with Gasteiger partial charge in [-0.2, -0.15) is 0 Å². The molecule has 1 aliphatic heterocycles. The number of rotatable bonds is 4. The second-order valence-corrected chi connectivity index (χ2v) is 6.27. The highest BCUT2D eigenvalue weighted by Crippen LogP contribution is 2.49. The molecule has 1 aliphatic carbocycles. The molecule has 3 atom stereocenters. The van der Waals surface area contributed by atoms with Crippen LogP contribution in [0.4, 0.5) is 0 Å². The predicted molar refractivity (Wildman–Crippen MR) is 76.1 cm³/mol. The Morgan fingerprint density at radius 2 is 2.45 bits per heavy atom. The van der Waals surface area contributed by atoms with Gasteiger partial charge in [0.15, 0.2) is 0 Å². The van der Waals surface area contributed by atoms with Gasteiger partial charge in [-0.05, 0) is 40.9 Å². The molecule has 2 bridgehead atoms. The van der Waals surface area contributed by atoms with E-state index in [1.165, 1.54) is 7.11 Å². The summed E-state index contributed by atoms with van der Waals surface area (Å²) in [5.74, 6) is 0.00282. The van der Waals surface area contributed by atoms with Gasteiger partial charge in [-0.25, -0.2) is 4.79 Å². The van der Waals surface area contributed by atoms with Gasteiger partial charge in [0.2, 0.25) is 0 Å². The van der Waals surface area contributed by atoms with Crippen LogP contribution in [0.5, 0.6) is 0 Å². The standard InChI is InChI=1S/C14H17BrN2O3/c1-19-13(18)8-20-14(5-11-4-9(14)6-16-11)12-3-2-10(15)7-17-12/h2-3,7,9,11,16H,4-6,8H2,1H3. The number of hydrogen-bond acceptors (Lipinski definition) is 5. The van der Waals surface area contributed by atoms with Crippen LogP contribution in [0.1, 0.15) is 18.5 Å². The quantitative estimate of drug-likeness (QED) is 0.844. The second kappa shape index (κ2) is 5.42. The number of nitrogens with zero attached hydrogens (tertiary/aromatic N) is 1. The van der Waals surface area contributed by atoms with Crippen molar-refractivity contribution in [2.24, 2.45) is 5.92 Å². The van der Waals surface area contributed by atoms with E-state index in [0.717, 1.165) is 29.6 Å². The van der Waals surface area contributed by atoms with E-state index in [-0.39, 0.29) is 12.6 Å². The Kier molecular flexibility index (Phi) is 3.79. The van der Waals surface area contributed by atoms with Crippen LogP contribution < -0.4 is 5.32 Å². The van der Waals surface area contributed by atoms with Crippen molar-refractivity contribution in [2.45, 2.75) is 24.5 Å². The normalized spacial score (nSPS) is 31.5. The van der Waals surface area contributed by atoms with Crippen LogP contribution in [0, 0.1) is 5.92 Å². The summed E-state index contributed by atoms with van der Waals surface area (Å²) in [7, 11) is 1.37. The van der Waals surface area contributed by atoms with E-state index in [0.29, 0.717) is 12.0 Å². The third-order valence-corrected chi connectivity index (χ3v) is 4.74. The molecule has 3 rings (SSSR count). The average molecular weight is 341 g/mol. The summed E-state index contributed by atoms with van der Waals surface area (Å²) >= 11 is 3.40. The Hall–Kier alpha value is -0.980. The number of piperidine rings is 1. The van der Waals surface area contributed by atoms with Crippen molar-refractivity contribution in [1.29, 1.82) is 0 Å². The number of hydrogen-bond donors (Lipinski definition) is 1. The van der Waals surface area contributed by atoms with Crippen LogP contribution in [0.15, 0.2) is 22.8 Å². The molecular formula is C14H17BrN2O3. The maximum Gasteiger partial charge on any atom is 0.331 e. The predicted octanol–water partition coefficient (Wildman–Crippen LogP) is 1.61. The number of carbonyl (C=O) groups excluding carboxylic acids is 1. The minimum atomic E-state index is -0.467. The summed E-state index contributed by atoms with van der Waals surface area (Å²) in [6.45, 7) is 0.876. The number of aromatic nitrogens is 1. The molecule has 20 heavy (non-hydrogen) atoms. The minimum Gasteiger partial charge on any atom is -0.467 e. The molecule has 108 valence electrons. The van der Waals surface area contributed by atoms with Crippen LogP contribution in [0.3, 0.4) is 0 Å². The average Bonchev–Trinajstić information content (AvgIpc) is 3.06. The van der Waals surface area contributed by atoms with Crippen molar-refractivity contribution in [3.8, 4) is 0 Å². The number of pyridine rings is 1. The smallest absolute Gasteiger partial charge is 0.331 e. The summed E-state index contributed by atoms with van der Waals surface area (Å²) in [5.41, 5.74) is 0.434. The van der Waals surface area contributed by atoms with Crippen LogP contribution in [0.25, 0.3) is 0 Å². The largest absolute Gasteiger partial charge is 0.467 e. The maximum atomic E-state index is 11.4. The summed E-state index contributed by atoms with van der Waals surface area (Å²) in [6.07, 6.45) is 3.69. The van der Waals surface area contributed by atoms with Crippen LogP contribution in [-0.2, 0) is 19.9 Å². The molecule has 1 N–H and O–H groups in total. The van der Waals surface area contributed by atoms with Gasteiger partial charge >= 0.3 is 5.97 Å². The van der Waals surface area contributed by atoms with Gasteiger partial charge < -0.3 is 14.8 Å². The Labute approximate surface area is 126 Å². The van der Waals surface area contributed by atoms with E-state index < -0.39 is 5.60 Å². The van der Waals surface area contributed by atoms with Crippen LogP contribution in [0.2, 0.25) is 0 Å². The maximum absolute atomic E-state index is 11.4. The molecule has 0 radical (unpaired) electrons. The van der Waals surface area contributed by atoms with Gasteiger partial charge in [-0.3, -0.25) is 4.98 Å². The van der Waals surface area contributed by atoms with Crippen molar-refractivity contribution in [3.63, 3.8) is 0 Å². The van der Waals surface area contributed by atoms with E-state index in [9.17, 15) is 4.79 Å². The molecule has 2 fully saturated rings. The summed E-state index contributed by atoms with van der Waals surface area (Å²) in [5, 5.41) is 3.46. The molecule has 2 heterocycles. The van der Waals surface area contributed by atoms with Crippen LogP contribution >= 0.6 is 15.9 Å². The Bertz CT molecular complexity index is 508. The van der Waals surface area contributed by atoms with Crippen molar-refractivity contribution in [2.75, 3.05) is 20.3 Å². The zero-order valence-electron chi connectivity index (χ0n) is 11.3. The number of esters is 1. The first-order valence-corrected chi connectivity index (χ1v) is 7.49. The van der Waals surface area contributed by atoms with Crippen molar-refractivity contribution in [1.82, 2.24) is 10.3 Å². The fraction of sp³-hybridized carbons (Fsp3) is 0.571. The second-order valence-electron chi connectivity index (χ2n) is 5.36. The Morgan fingerprint density at radius 1 is 1.60 bits per heavy atom. The first-order valence-electron chi connectivity index (χ1n) is 6.70. The highest BCUT2D eigenvalue weighted by atomic mass is 79.9. The van der Waals surface area contributed by atoms with Gasteiger partial charge in [0.25, 0.3) is 0 Å². The van der Waals surface area contributed by atoms with Gasteiger partial charge in [-0.1, -0.05) is 0 Å². The first-order chi connectivity index (χ1) is 9.64. The van der Waals surface area contributed by atoms with Crippen molar-refractivity contribution >= 4 is 21.9 Å². The highest BCUT2D eigenvalue weighted by Gasteiger charge is 2.54. The van der Waals surface area contributed by atoms with E-state index in [2.05, 4.69) is 31.0 Å². The third-order valence-electron chi connectivity index (χ3n) is 4.27. The van der Waals surface area contributed by atoms with Crippen molar-refractivity contribution in [3.05, 3.63) is 28.5 Å². The molecule has 3 unspecified atom stereocenters. The molecule has 1 saturated heterocycles. The van der Waals surface area contributed by atoms with E-state index in [1.54, 1.807) is 6.20 Å². The lowest BCUT2D eigenvalue weighted by molar-refractivity contribution is -0.158. The Morgan fingerprint density at radius 3 is 3.00 bits per heavy atom. The molecule has 0 spiro atoms. The third kappa shape index (κ3) is 2.36. The van der Waals surface area contributed by atoms with Gasteiger partial charge in [0, 0.05) is 29.2 Å². The van der Waals surface area contributed by atoms with Gasteiger partial charge in [0.05, 0.1) is 12.8 Å². The Balaban J connectivity index is 1.88. The lowest BCUT2D eigenvalue weighted by Gasteiger charge is -2.37. The fourth-order valence-corrected chi connectivity index (χ4v) is 3.53. The van der Waals surface area contributed by atoms with E-state index in [4.69, 9.17) is 4.74 Å². The molecule has 5 nitrogen and oxygen atoms in total. The summed E-state index contributed by atoms with van der Waals surface area (Å²) < 4.78 is 11.6. The van der Waals surface area contributed by atoms with E-state index >= 15 is 0 Å². The summed E-state index contributed by atoms with van der Waals surface area (Å²) in [6, 6.07) is 4.38. The summed E-state index contributed by atoms with van der Waals surface area (Å²) in [4.78, 5) is 15.9. The fourth-order valence-electron chi connectivity index (χ4n) is 3.30. The highest BCUT2D eigenvalue weighted by molar-refractivity contribution is 9.10. The number of nitrogens with one attached hydrogen (secondary N) is 1. The van der Waals surface area contributed by atoms with Gasteiger partial charge in [-0.15, -0.1) is 0 Å². The lowest BCUT2D eigenvalue weighted by atomic mass is 9.85. The van der Waals surface area contributed by atoms with E-state index in [1.807, 2.05) is 12.1 Å². The monoisotopic (exact) mass is 340 g/mol. The number of fused-ring (bicyclic) bond motifs is 2. The zero-order valence-corrected chi connectivity index (χ0v) is 12.9. The topological polar surface area (TPSA) is 60.5 Å². The lowest BCUT2D eigenvalue weighted by Crippen LogP contribution is -2.45. The SMILES string of the molecule is COC(=O)COC1(c2ccc(Br)cn2)CC2CC1CN2. The van der Waals surface area contributed by atoms with Gasteiger partial charge in [0.1, 0.15) is 12.2 Å². The number of ether oxygens (including phenoxy) is 2. The molecule has 1 aromatic heterocycles.